The molecule has 186 valence electrons. The largest absolute Gasteiger partial charge is 0.573 e. The number of nitrogens with one attached hydrogen (secondary N) is 2. The van der Waals surface area contributed by atoms with Crippen LogP contribution < -0.4 is 15.4 Å². The number of amides is 2. The second-order valence-corrected chi connectivity index (χ2v) is 11.1. The summed E-state index contributed by atoms with van der Waals surface area (Å²) in [6.07, 6.45) is -1.57. The molecule has 1 saturated heterocycles. The summed E-state index contributed by atoms with van der Waals surface area (Å²) in [6.45, 7) is 8.67. The van der Waals surface area contributed by atoms with Crippen LogP contribution in [0.1, 0.15) is 57.2 Å². The number of alkyl halides is 3. The standard InChI is InChI=1S/C26H27F3N2O3S/c1-24(2)8-9-25(3,4)18-13-19(30-5)16(12-17(18)24)15-7-6-14(10-20(15)34-26(27,28)29)11-21-22(32)31-23(33)35-21/h6-7,10-13,30H,8-9H2,1-5H3,(H,31,32,33)/b21-11-. The zero-order chi connectivity index (χ0) is 25.8. The summed E-state index contributed by atoms with van der Waals surface area (Å²) in [5.41, 5.74) is 3.96. The average Bonchev–Trinajstić information content (AvgIpc) is 3.06. The Balaban J connectivity index is 1.90. The smallest absolute Gasteiger partial charge is 0.405 e. The highest BCUT2D eigenvalue weighted by atomic mass is 32.2. The van der Waals surface area contributed by atoms with Gasteiger partial charge in [-0.2, -0.15) is 0 Å². The summed E-state index contributed by atoms with van der Waals surface area (Å²) >= 11 is 0.698. The molecule has 1 aliphatic heterocycles. The number of rotatable bonds is 4. The predicted octanol–water partition coefficient (Wildman–Crippen LogP) is 6.97. The number of carbonyl (C=O) groups is 2. The highest BCUT2D eigenvalue weighted by molar-refractivity contribution is 8.18. The molecule has 35 heavy (non-hydrogen) atoms. The van der Waals surface area contributed by atoms with Crippen molar-refractivity contribution in [3.8, 4) is 16.9 Å². The first-order valence-corrected chi connectivity index (χ1v) is 12.0. The lowest BCUT2D eigenvalue weighted by atomic mass is 9.62. The van der Waals surface area contributed by atoms with Crippen LogP contribution in [0.25, 0.3) is 17.2 Å². The normalized spacial score (nSPS) is 19.9. The number of imide groups is 1. The number of carbonyl (C=O) groups excluding carboxylic acids is 2. The first kappa shape index (κ1) is 25.2. The number of benzene rings is 2. The van der Waals surface area contributed by atoms with Crippen LogP contribution in [-0.2, 0) is 15.6 Å². The van der Waals surface area contributed by atoms with Crippen LogP contribution in [0.5, 0.6) is 5.75 Å². The summed E-state index contributed by atoms with van der Waals surface area (Å²) < 4.78 is 44.6. The second-order valence-electron chi connectivity index (χ2n) is 10.1. The van der Waals surface area contributed by atoms with Gasteiger partial charge in [0.2, 0.25) is 0 Å². The van der Waals surface area contributed by atoms with Crippen LogP contribution in [0.2, 0.25) is 0 Å². The van der Waals surface area contributed by atoms with E-state index in [1.807, 2.05) is 12.1 Å². The molecule has 2 aromatic carbocycles. The lowest BCUT2D eigenvalue weighted by molar-refractivity contribution is -0.274. The van der Waals surface area contributed by atoms with Crippen LogP contribution in [0.3, 0.4) is 0 Å². The van der Waals surface area contributed by atoms with E-state index in [0.717, 1.165) is 18.4 Å². The number of anilines is 1. The fourth-order valence-corrected chi connectivity index (χ4v) is 5.36. The zero-order valence-corrected chi connectivity index (χ0v) is 21.0. The summed E-state index contributed by atoms with van der Waals surface area (Å²) in [4.78, 5) is 23.4. The first-order chi connectivity index (χ1) is 16.2. The van der Waals surface area contributed by atoms with Gasteiger partial charge in [-0.3, -0.25) is 14.9 Å². The van der Waals surface area contributed by atoms with Crippen molar-refractivity contribution in [1.29, 1.82) is 0 Å². The Morgan fingerprint density at radius 3 is 2.17 bits per heavy atom. The molecule has 2 aromatic rings. The molecule has 0 aromatic heterocycles. The predicted molar refractivity (Wildman–Crippen MR) is 133 cm³/mol. The average molecular weight is 505 g/mol. The Bertz CT molecular complexity index is 1250. The Labute approximate surface area is 206 Å². The Morgan fingerprint density at radius 1 is 1.00 bits per heavy atom. The highest BCUT2D eigenvalue weighted by Gasteiger charge is 2.38. The van der Waals surface area contributed by atoms with E-state index >= 15 is 0 Å². The molecule has 0 spiro atoms. The molecule has 4 rings (SSSR count). The van der Waals surface area contributed by atoms with Crippen molar-refractivity contribution in [1.82, 2.24) is 5.32 Å². The van der Waals surface area contributed by atoms with Gasteiger partial charge < -0.3 is 10.1 Å². The van der Waals surface area contributed by atoms with Crippen LogP contribution in [0.4, 0.5) is 23.7 Å². The summed E-state index contributed by atoms with van der Waals surface area (Å²) in [5.74, 6) is -0.967. The molecule has 0 saturated carbocycles. The van der Waals surface area contributed by atoms with Crippen molar-refractivity contribution in [2.45, 2.75) is 57.7 Å². The van der Waals surface area contributed by atoms with Crippen LogP contribution in [0, 0.1) is 0 Å². The van der Waals surface area contributed by atoms with E-state index in [1.165, 1.54) is 17.7 Å². The van der Waals surface area contributed by atoms with Crippen molar-refractivity contribution in [2.24, 2.45) is 0 Å². The number of fused-ring (bicyclic) bond motifs is 1. The highest BCUT2D eigenvalue weighted by Crippen LogP contribution is 2.50. The van der Waals surface area contributed by atoms with Gasteiger partial charge in [0.15, 0.2) is 0 Å². The lowest BCUT2D eigenvalue weighted by Gasteiger charge is -2.42. The van der Waals surface area contributed by atoms with Gasteiger partial charge in [-0.25, -0.2) is 0 Å². The number of hydrogen-bond donors (Lipinski definition) is 2. The van der Waals surface area contributed by atoms with Crippen LogP contribution >= 0.6 is 11.8 Å². The van der Waals surface area contributed by atoms with Crippen molar-refractivity contribution >= 4 is 34.7 Å². The van der Waals surface area contributed by atoms with Gasteiger partial charge >= 0.3 is 6.36 Å². The molecule has 9 heteroatoms. The van der Waals surface area contributed by atoms with E-state index in [0.29, 0.717) is 28.6 Å². The number of hydrogen-bond acceptors (Lipinski definition) is 5. The number of ether oxygens (including phenoxy) is 1. The molecular formula is C26H27F3N2O3S. The minimum Gasteiger partial charge on any atom is -0.405 e. The SMILES string of the molecule is CNc1cc2c(cc1-c1ccc(/C=C3\SC(=O)NC3=O)cc1OC(F)(F)F)C(C)(C)CCC2(C)C. The van der Waals surface area contributed by atoms with Crippen LogP contribution in [-0.4, -0.2) is 24.6 Å². The van der Waals surface area contributed by atoms with E-state index in [-0.39, 0.29) is 27.0 Å². The maximum absolute atomic E-state index is 13.4. The van der Waals surface area contributed by atoms with Crippen LogP contribution in [0.15, 0.2) is 35.2 Å². The topological polar surface area (TPSA) is 67.4 Å². The number of thioether (sulfide) groups is 1. The molecule has 0 atom stereocenters. The molecular weight excluding hydrogens is 477 g/mol. The third kappa shape index (κ3) is 5.05. The summed E-state index contributed by atoms with van der Waals surface area (Å²) in [7, 11) is 1.74. The van der Waals surface area contributed by atoms with E-state index in [2.05, 4.69) is 43.1 Å². The third-order valence-electron chi connectivity index (χ3n) is 6.72. The Kier molecular flexibility index (Phi) is 6.20. The Morgan fingerprint density at radius 2 is 1.63 bits per heavy atom. The fraction of sp³-hybridized carbons (Fsp3) is 0.385. The Hall–Kier alpha value is -2.94. The first-order valence-electron chi connectivity index (χ1n) is 11.2. The molecule has 0 radical (unpaired) electrons. The monoisotopic (exact) mass is 504 g/mol. The molecule has 2 amide bonds. The van der Waals surface area contributed by atoms with E-state index in [4.69, 9.17) is 0 Å². The molecule has 1 fully saturated rings. The molecule has 0 bridgehead atoms. The van der Waals surface area contributed by atoms with Crippen molar-refractivity contribution in [2.75, 3.05) is 12.4 Å². The molecule has 1 aliphatic carbocycles. The van der Waals surface area contributed by atoms with Gasteiger partial charge in [0.1, 0.15) is 5.75 Å². The molecule has 0 unspecified atom stereocenters. The van der Waals surface area contributed by atoms with Gasteiger partial charge in [0.05, 0.1) is 4.91 Å². The quantitative estimate of drug-likeness (QED) is 0.440. The number of halogens is 3. The molecule has 5 nitrogen and oxygen atoms in total. The van der Waals surface area contributed by atoms with Crippen molar-refractivity contribution in [3.63, 3.8) is 0 Å². The van der Waals surface area contributed by atoms with Gasteiger partial charge in [-0.05, 0) is 82.5 Å². The molecule has 1 heterocycles. The molecule has 2 aliphatic rings. The van der Waals surface area contributed by atoms with Gasteiger partial charge in [0.25, 0.3) is 11.1 Å². The zero-order valence-electron chi connectivity index (χ0n) is 20.1. The van der Waals surface area contributed by atoms with Crippen molar-refractivity contribution < 1.29 is 27.5 Å². The summed E-state index contributed by atoms with van der Waals surface area (Å²) in [5, 5.41) is 4.75. The summed E-state index contributed by atoms with van der Waals surface area (Å²) in [6, 6.07) is 8.40. The van der Waals surface area contributed by atoms with E-state index < -0.39 is 17.5 Å². The minimum atomic E-state index is -4.91. The van der Waals surface area contributed by atoms with Gasteiger partial charge in [0, 0.05) is 23.9 Å². The lowest BCUT2D eigenvalue weighted by Crippen LogP contribution is -2.34. The van der Waals surface area contributed by atoms with Crippen molar-refractivity contribution in [3.05, 3.63) is 51.9 Å². The maximum Gasteiger partial charge on any atom is 0.573 e. The molecule has 2 N–H and O–H groups in total. The van der Waals surface area contributed by atoms with E-state index in [1.54, 1.807) is 19.2 Å². The fourth-order valence-electron chi connectivity index (χ4n) is 4.68. The van der Waals surface area contributed by atoms with Gasteiger partial charge in [-0.1, -0.05) is 33.8 Å². The van der Waals surface area contributed by atoms with Gasteiger partial charge in [-0.15, -0.1) is 13.2 Å². The minimum absolute atomic E-state index is 0.0622. The van der Waals surface area contributed by atoms with E-state index in [9.17, 15) is 22.8 Å². The third-order valence-corrected chi connectivity index (χ3v) is 7.53. The maximum atomic E-state index is 13.4. The second kappa shape index (κ2) is 8.62.